The molecule has 2 N–H and O–H groups in total. The number of fused-ring (bicyclic) bond motifs is 2. The van der Waals surface area contributed by atoms with E-state index in [0.717, 1.165) is 35.6 Å². The molecule has 0 aliphatic carbocycles. The second-order valence-electron chi connectivity index (χ2n) is 10.1. The number of carboxylic acid groups (broad SMARTS) is 1. The molecule has 3 heterocycles. The van der Waals surface area contributed by atoms with Crippen molar-refractivity contribution in [2.24, 2.45) is 0 Å². The lowest BCUT2D eigenvalue weighted by Crippen LogP contribution is -2.30. The van der Waals surface area contributed by atoms with Crippen LogP contribution in [0.4, 0.5) is 13.2 Å². The first-order chi connectivity index (χ1) is 21.5. The van der Waals surface area contributed by atoms with E-state index in [9.17, 15) is 22.8 Å². The molecule has 0 fully saturated rings. The lowest BCUT2D eigenvalue weighted by atomic mass is 10.0. The highest BCUT2D eigenvalue weighted by Crippen LogP contribution is 2.27. The molecular formula is C30H30F3N7O5. The Hall–Kier alpha value is -5.21. The molecule has 5 aromatic rings. The van der Waals surface area contributed by atoms with E-state index in [-0.39, 0.29) is 18.1 Å². The minimum Gasteiger partial charge on any atom is -0.475 e. The van der Waals surface area contributed by atoms with Crippen molar-refractivity contribution in [2.45, 2.75) is 64.1 Å². The molecule has 5 rings (SSSR count). The molecule has 0 saturated heterocycles. The van der Waals surface area contributed by atoms with E-state index in [0.29, 0.717) is 42.4 Å². The first-order valence-corrected chi connectivity index (χ1v) is 14.1. The maximum Gasteiger partial charge on any atom is 0.490 e. The Morgan fingerprint density at radius 1 is 1.02 bits per heavy atom. The fourth-order valence-corrected chi connectivity index (χ4v) is 4.38. The number of amides is 1. The van der Waals surface area contributed by atoms with Gasteiger partial charge in [-0.1, -0.05) is 50.1 Å². The van der Waals surface area contributed by atoms with Crippen molar-refractivity contribution >= 4 is 34.2 Å². The van der Waals surface area contributed by atoms with E-state index in [1.807, 2.05) is 49.4 Å². The minimum atomic E-state index is -5.08. The molecule has 2 aromatic carbocycles. The number of alkyl halides is 3. The number of aromatic nitrogens is 6. The summed E-state index contributed by atoms with van der Waals surface area (Å²) in [5.41, 5.74) is 1.53. The normalized spacial score (nSPS) is 12.0. The van der Waals surface area contributed by atoms with Gasteiger partial charge in [0.2, 0.25) is 17.7 Å². The van der Waals surface area contributed by atoms with Gasteiger partial charge in [-0.15, -0.1) is 10.2 Å². The van der Waals surface area contributed by atoms with Gasteiger partial charge in [0.1, 0.15) is 18.2 Å². The third kappa shape index (κ3) is 9.39. The number of hydrogen-bond donors (Lipinski definition) is 2. The summed E-state index contributed by atoms with van der Waals surface area (Å²) in [5, 5.41) is 25.0. The van der Waals surface area contributed by atoms with E-state index < -0.39 is 18.2 Å². The third-order valence-corrected chi connectivity index (χ3v) is 6.71. The first-order valence-electron chi connectivity index (χ1n) is 14.1. The zero-order valence-electron chi connectivity index (χ0n) is 24.2. The van der Waals surface area contributed by atoms with Crippen LogP contribution < -0.4 is 5.32 Å². The largest absolute Gasteiger partial charge is 0.490 e. The molecule has 1 amide bonds. The number of aliphatic carboxylic acids is 1. The van der Waals surface area contributed by atoms with Crippen molar-refractivity contribution in [2.75, 3.05) is 0 Å². The smallest absolute Gasteiger partial charge is 0.475 e. The number of nitrogens with one attached hydrogen (secondary N) is 1. The number of hydrogen-bond acceptors (Lipinski definition) is 9. The second kappa shape index (κ2) is 15.0. The summed E-state index contributed by atoms with van der Waals surface area (Å²) in [5.74, 6) is -1.45. The molecular weight excluding hydrogens is 595 g/mol. The molecule has 45 heavy (non-hydrogen) atoms. The summed E-state index contributed by atoms with van der Waals surface area (Å²) >= 11 is 0. The Bertz CT molecular complexity index is 1770. The molecule has 12 nitrogen and oxygen atoms in total. The van der Waals surface area contributed by atoms with Crippen molar-refractivity contribution < 1.29 is 37.1 Å². The SMILES string of the molecule is CCC(=O)CCCCC[C@H](NC(=O)Cc1cnc2ncnn2c1)c1nnc(-c2ccc3ccccc3c2)o1.O=C(O)C(F)(F)F. The lowest BCUT2D eigenvalue weighted by molar-refractivity contribution is -0.192. The zero-order chi connectivity index (χ0) is 32.4. The Balaban J connectivity index is 0.000000591. The topological polar surface area (TPSA) is 165 Å². The Morgan fingerprint density at radius 3 is 2.51 bits per heavy atom. The fraction of sp³-hybridized carbons (Fsp3) is 0.333. The number of Topliss-reactive ketones (excluding diaryl/α,β-unsaturated/α-hetero) is 1. The standard InChI is InChI=1S/C28H29N7O3.C2HF3O2/c1-2-23(36)10-4-3-5-11-24(32-25(37)14-19-16-29-28-30-18-31-35(28)17-19)27-34-33-26(38-27)22-13-12-20-8-6-7-9-21(20)15-22;3-2(4,5)1(6)7/h6-9,12-13,15-18,24H,2-5,10-11,14H2,1H3,(H,32,37);(H,6,7)/t24-;/m0./s1. The van der Waals surface area contributed by atoms with Crippen molar-refractivity contribution in [3.8, 4) is 11.5 Å². The maximum absolute atomic E-state index is 13.0. The minimum absolute atomic E-state index is 0.121. The number of carbonyl (C=O) groups excluding carboxylic acids is 2. The Morgan fingerprint density at radius 2 is 1.78 bits per heavy atom. The van der Waals surface area contributed by atoms with Gasteiger partial charge in [-0.25, -0.2) is 14.3 Å². The lowest BCUT2D eigenvalue weighted by Gasteiger charge is -2.15. The molecule has 0 aliphatic rings. The summed E-state index contributed by atoms with van der Waals surface area (Å²) in [6.07, 6.45) is 4.07. The molecule has 0 bridgehead atoms. The van der Waals surface area contributed by atoms with E-state index in [2.05, 4.69) is 30.6 Å². The summed E-state index contributed by atoms with van der Waals surface area (Å²) in [6, 6.07) is 13.6. The van der Waals surface area contributed by atoms with Gasteiger partial charge in [-0.3, -0.25) is 9.59 Å². The van der Waals surface area contributed by atoms with Crippen LogP contribution in [-0.2, 0) is 20.8 Å². The number of carboxylic acids is 1. The van der Waals surface area contributed by atoms with E-state index in [4.69, 9.17) is 14.3 Å². The van der Waals surface area contributed by atoms with Gasteiger partial charge in [0, 0.05) is 30.8 Å². The molecule has 1 atom stereocenters. The van der Waals surface area contributed by atoms with Crippen molar-refractivity contribution in [1.29, 1.82) is 0 Å². The Labute approximate surface area is 254 Å². The van der Waals surface area contributed by atoms with Crippen LogP contribution in [0.5, 0.6) is 0 Å². The van der Waals surface area contributed by atoms with Gasteiger partial charge in [0.25, 0.3) is 5.78 Å². The molecule has 0 spiro atoms. The fourth-order valence-electron chi connectivity index (χ4n) is 4.38. The van der Waals surface area contributed by atoms with E-state index >= 15 is 0 Å². The average molecular weight is 626 g/mol. The Kier molecular flexibility index (Phi) is 10.9. The number of carbonyl (C=O) groups is 3. The molecule has 15 heteroatoms. The van der Waals surface area contributed by atoms with Crippen LogP contribution >= 0.6 is 0 Å². The van der Waals surface area contributed by atoms with Crippen LogP contribution in [0.3, 0.4) is 0 Å². The van der Waals surface area contributed by atoms with Gasteiger partial charge in [0.05, 0.1) is 6.42 Å². The molecule has 3 aromatic heterocycles. The van der Waals surface area contributed by atoms with Crippen LogP contribution in [-0.4, -0.2) is 58.7 Å². The van der Waals surface area contributed by atoms with Crippen LogP contribution in [0.2, 0.25) is 0 Å². The van der Waals surface area contributed by atoms with Gasteiger partial charge in [-0.2, -0.15) is 23.3 Å². The molecule has 0 unspecified atom stereocenters. The van der Waals surface area contributed by atoms with Crippen molar-refractivity contribution in [3.05, 3.63) is 72.6 Å². The van der Waals surface area contributed by atoms with Gasteiger partial charge < -0.3 is 14.8 Å². The summed E-state index contributed by atoms with van der Waals surface area (Å²) in [6.45, 7) is 1.88. The van der Waals surface area contributed by atoms with Gasteiger partial charge >= 0.3 is 12.1 Å². The first kappa shape index (κ1) is 32.7. The van der Waals surface area contributed by atoms with Crippen molar-refractivity contribution in [3.63, 3.8) is 0 Å². The van der Waals surface area contributed by atoms with Crippen LogP contribution in [0.1, 0.15) is 62.9 Å². The highest BCUT2D eigenvalue weighted by molar-refractivity contribution is 5.86. The number of halogens is 3. The third-order valence-electron chi connectivity index (χ3n) is 6.71. The number of nitrogens with zero attached hydrogens (tertiary/aromatic N) is 6. The molecule has 236 valence electrons. The zero-order valence-corrected chi connectivity index (χ0v) is 24.2. The summed E-state index contributed by atoms with van der Waals surface area (Å²) < 4.78 is 39.3. The van der Waals surface area contributed by atoms with E-state index in [1.54, 1.807) is 12.4 Å². The highest BCUT2D eigenvalue weighted by Gasteiger charge is 2.38. The predicted octanol–water partition coefficient (Wildman–Crippen LogP) is 5.29. The summed E-state index contributed by atoms with van der Waals surface area (Å²) in [4.78, 5) is 41.8. The average Bonchev–Trinajstić information content (AvgIpc) is 3.70. The van der Waals surface area contributed by atoms with Crippen molar-refractivity contribution in [1.82, 2.24) is 35.1 Å². The maximum atomic E-state index is 13.0. The molecule has 0 aliphatic heterocycles. The quantitative estimate of drug-likeness (QED) is 0.174. The van der Waals surface area contributed by atoms with Gasteiger partial charge in [0.15, 0.2) is 0 Å². The number of rotatable bonds is 12. The van der Waals surface area contributed by atoms with Crippen LogP contribution in [0.15, 0.2) is 65.6 Å². The molecule has 0 saturated carbocycles. The number of benzene rings is 2. The number of unbranched alkanes of at least 4 members (excludes halogenated alkanes) is 2. The highest BCUT2D eigenvalue weighted by atomic mass is 19.4. The van der Waals surface area contributed by atoms with Gasteiger partial charge in [-0.05, 0) is 41.3 Å². The monoisotopic (exact) mass is 625 g/mol. The molecule has 0 radical (unpaired) electrons. The van der Waals surface area contributed by atoms with Crippen LogP contribution in [0, 0.1) is 0 Å². The van der Waals surface area contributed by atoms with E-state index in [1.165, 1.54) is 10.8 Å². The predicted molar refractivity (Wildman–Crippen MR) is 155 cm³/mol. The summed E-state index contributed by atoms with van der Waals surface area (Å²) in [7, 11) is 0. The second-order valence-corrected chi connectivity index (χ2v) is 10.1. The number of ketones is 1. The van der Waals surface area contributed by atoms with Crippen LogP contribution in [0.25, 0.3) is 28.0 Å².